The molecule has 19 heavy (non-hydrogen) atoms. The van der Waals surface area contributed by atoms with Crippen LogP contribution in [-0.4, -0.2) is 44.0 Å². The van der Waals surface area contributed by atoms with E-state index < -0.39 is 5.54 Å². The van der Waals surface area contributed by atoms with Crippen LogP contribution in [0.3, 0.4) is 0 Å². The van der Waals surface area contributed by atoms with Crippen LogP contribution < -0.4 is 5.73 Å². The van der Waals surface area contributed by atoms with E-state index in [9.17, 15) is 4.79 Å². The fourth-order valence-corrected chi connectivity index (χ4v) is 2.22. The number of rotatable bonds is 8. The van der Waals surface area contributed by atoms with Crippen LogP contribution in [0.25, 0.3) is 0 Å². The lowest BCUT2D eigenvalue weighted by atomic mass is 9.99. The molecule has 5 nitrogen and oxygen atoms in total. The Balaban J connectivity index is 2.19. The summed E-state index contributed by atoms with van der Waals surface area (Å²) in [5.74, 6) is 0.226. The van der Waals surface area contributed by atoms with Crippen LogP contribution in [0.1, 0.15) is 40.0 Å². The number of hydrogen-bond donors (Lipinski definition) is 1. The summed E-state index contributed by atoms with van der Waals surface area (Å²) in [4.78, 5) is 11.7. The Morgan fingerprint density at radius 1 is 1.42 bits per heavy atom. The molecule has 1 saturated carbocycles. The number of ether oxygens (including phenoxy) is 3. The Morgan fingerprint density at radius 3 is 2.79 bits per heavy atom. The van der Waals surface area contributed by atoms with E-state index in [0.717, 1.165) is 13.0 Å². The smallest absolute Gasteiger partial charge is 0.326 e. The van der Waals surface area contributed by atoms with E-state index >= 15 is 0 Å². The second-order valence-corrected chi connectivity index (χ2v) is 5.58. The van der Waals surface area contributed by atoms with E-state index in [4.69, 9.17) is 19.9 Å². The molecule has 0 bridgehead atoms. The van der Waals surface area contributed by atoms with Crippen LogP contribution in [0.4, 0.5) is 0 Å². The largest absolute Gasteiger partial charge is 0.465 e. The molecule has 0 heterocycles. The molecule has 112 valence electrons. The van der Waals surface area contributed by atoms with Crippen LogP contribution in [0, 0.1) is 5.92 Å². The lowest BCUT2D eigenvalue weighted by Gasteiger charge is -2.21. The van der Waals surface area contributed by atoms with Crippen molar-refractivity contribution in [3.05, 3.63) is 0 Å². The Kier molecular flexibility index (Phi) is 6.75. The van der Waals surface area contributed by atoms with Crippen molar-refractivity contribution in [1.29, 1.82) is 0 Å². The molecule has 2 N–H and O–H groups in total. The van der Waals surface area contributed by atoms with Crippen LogP contribution in [-0.2, 0) is 19.0 Å². The Morgan fingerprint density at radius 2 is 2.16 bits per heavy atom. The molecule has 1 rings (SSSR count). The van der Waals surface area contributed by atoms with Gasteiger partial charge >= 0.3 is 5.97 Å². The van der Waals surface area contributed by atoms with E-state index in [-0.39, 0.29) is 12.1 Å². The highest BCUT2D eigenvalue weighted by Crippen LogP contribution is 2.30. The number of carbonyl (C=O) groups is 1. The van der Waals surface area contributed by atoms with Gasteiger partial charge in [0.05, 0.1) is 25.9 Å². The average Bonchev–Trinajstić information content (AvgIpc) is 2.72. The quantitative estimate of drug-likeness (QED) is 0.536. The standard InChI is InChI=1S/C14H27NO4/c1-4-18-13(16)14(15)6-5-12(9-14)19-8-7-17-10-11(2)3/h11-12H,4-10,15H2,1-3H3. The second kappa shape index (κ2) is 7.82. The fourth-order valence-electron chi connectivity index (χ4n) is 2.22. The Hall–Kier alpha value is -0.650. The summed E-state index contributed by atoms with van der Waals surface area (Å²) in [6.07, 6.45) is 2.01. The van der Waals surface area contributed by atoms with Gasteiger partial charge in [0.15, 0.2) is 0 Å². The third-order valence-corrected chi connectivity index (χ3v) is 3.22. The Bertz CT molecular complexity index is 283. The van der Waals surface area contributed by atoms with Crippen molar-refractivity contribution in [2.24, 2.45) is 11.7 Å². The lowest BCUT2D eigenvalue weighted by Crippen LogP contribution is -2.47. The molecular weight excluding hydrogens is 246 g/mol. The number of esters is 1. The zero-order valence-corrected chi connectivity index (χ0v) is 12.3. The van der Waals surface area contributed by atoms with Crippen molar-refractivity contribution in [3.8, 4) is 0 Å². The highest BCUT2D eigenvalue weighted by molar-refractivity contribution is 5.81. The number of carbonyl (C=O) groups excluding carboxylic acids is 1. The first kappa shape index (κ1) is 16.4. The van der Waals surface area contributed by atoms with Gasteiger partial charge in [0.2, 0.25) is 0 Å². The summed E-state index contributed by atoms with van der Waals surface area (Å²) in [6.45, 7) is 8.27. The van der Waals surface area contributed by atoms with Crippen LogP contribution in [0.5, 0.6) is 0 Å². The van der Waals surface area contributed by atoms with Gasteiger partial charge in [-0.25, -0.2) is 0 Å². The number of hydrogen-bond acceptors (Lipinski definition) is 5. The van der Waals surface area contributed by atoms with Crippen molar-refractivity contribution >= 4 is 5.97 Å². The highest BCUT2D eigenvalue weighted by Gasteiger charge is 2.43. The highest BCUT2D eigenvalue weighted by atomic mass is 16.5. The molecular formula is C14H27NO4. The van der Waals surface area contributed by atoms with Gasteiger partial charge in [0.1, 0.15) is 5.54 Å². The minimum absolute atomic E-state index is 0.0389. The molecule has 2 atom stereocenters. The molecule has 0 saturated heterocycles. The van der Waals surface area contributed by atoms with Crippen molar-refractivity contribution in [3.63, 3.8) is 0 Å². The summed E-state index contributed by atoms with van der Waals surface area (Å²) in [5.41, 5.74) is 5.20. The second-order valence-electron chi connectivity index (χ2n) is 5.58. The van der Waals surface area contributed by atoms with Crippen molar-refractivity contribution < 1.29 is 19.0 Å². The van der Waals surface area contributed by atoms with E-state index in [1.807, 2.05) is 0 Å². The van der Waals surface area contributed by atoms with Crippen molar-refractivity contribution in [1.82, 2.24) is 0 Å². The number of nitrogens with two attached hydrogens (primary N) is 1. The molecule has 1 aliphatic rings. The maximum atomic E-state index is 11.7. The third-order valence-electron chi connectivity index (χ3n) is 3.22. The van der Waals surface area contributed by atoms with E-state index in [0.29, 0.717) is 38.6 Å². The predicted octanol–water partition coefficient (Wildman–Crippen LogP) is 1.49. The third kappa shape index (κ3) is 5.47. The van der Waals surface area contributed by atoms with E-state index in [1.165, 1.54) is 0 Å². The first-order valence-electron chi connectivity index (χ1n) is 7.13. The molecule has 0 amide bonds. The average molecular weight is 273 g/mol. The SMILES string of the molecule is CCOC(=O)C1(N)CCC(OCCOCC(C)C)C1. The normalized spacial score (nSPS) is 26.9. The maximum Gasteiger partial charge on any atom is 0.326 e. The predicted molar refractivity (Wildman–Crippen MR) is 72.8 cm³/mol. The molecule has 2 unspecified atom stereocenters. The van der Waals surface area contributed by atoms with Gasteiger partial charge in [-0.2, -0.15) is 0 Å². The van der Waals surface area contributed by atoms with Gasteiger partial charge in [-0.3, -0.25) is 4.79 Å². The molecule has 0 aromatic rings. The zero-order chi connectivity index (χ0) is 14.3. The summed E-state index contributed by atoms with van der Waals surface area (Å²) < 4.78 is 16.1. The monoisotopic (exact) mass is 273 g/mol. The Labute approximate surface area is 115 Å². The summed E-state index contributed by atoms with van der Waals surface area (Å²) in [5, 5.41) is 0. The van der Waals surface area contributed by atoms with Gasteiger partial charge in [-0.1, -0.05) is 13.8 Å². The molecule has 5 heteroatoms. The van der Waals surface area contributed by atoms with Gasteiger partial charge < -0.3 is 19.9 Å². The van der Waals surface area contributed by atoms with Crippen LogP contribution in [0.2, 0.25) is 0 Å². The molecule has 0 aromatic heterocycles. The van der Waals surface area contributed by atoms with Crippen LogP contribution in [0.15, 0.2) is 0 Å². The van der Waals surface area contributed by atoms with Crippen molar-refractivity contribution in [2.45, 2.75) is 51.7 Å². The van der Waals surface area contributed by atoms with E-state index in [1.54, 1.807) is 6.92 Å². The fraction of sp³-hybridized carbons (Fsp3) is 0.929. The molecule has 0 spiro atoms. The lowest BCUT2D eigenvalue weighted by molar-refractivity contribution is -0.149. The van der Waals surface area contributed by atoms with Crippen molar-refractivity contribution in [2.75, 3.05) is 26.4 Å². The molecule has 0 aromatic carbocycles. The maximum absolute atomic E-state index is 11.7. The topological polar surface area (TPSA) is 70.8 Å². The van der Waals surface area contributed by atoms with Gasteiger partial charge in [-0.15, -0.1) is 0 Å². The molecule has 0 radical (unpaired) electrons. The molecule has 0 aliphatic heterocycles. The first-order chi connectivity index (χ1) is 8.98. The first-order valence-corrected chi connectivity index (χ1v) is 7.13. The van der Waals surface area contributed by atoms with Gasteiger partial charge in [0, 0.05) is 13.0 Å². The van der Waals surface area contributed by atoms with Crippen LogP contribution >= 0.6 is 0 Å². The minimum atomic E-state index is -0.862. The summed E-state index contributed by atoms with van der Waals surface area (Å²) in [7, 11) is 0. The summed E-state index contributed by atoms with van der Waals surface area (Å²) >= 11 is 0. The summed E-state index contributed by atoms with van der Waals surface area (Å²) in [6, 6.07) is 0. The molecule has 1 aliphatic carbocycles. The van der Waals surface area contributed by atoms with E-state index in [2.05, 4.69) is 13.8 Å². The zero-order valence-electron chi connectivity index (χ0n) is 12.3. The molecule has 1 fully saturated rings. The van der Waals surface area contributed by atoms with Gasteiger partial charge in [0.25, 0.3) is 0 Å². The van der Waals surface area contributed by atoms with Gasteiger partial charge in [-0.05, 0) is 25.7 Å². The minimum Gasteiger partial charge on any atom is -0.465 e.